The van der Waals surface area contributed by atoms with Gasteiger partial charge in [-0.2, -0.15) is 4.52 Å². The molecule has 2 aromatic carbocycles. The Morgan fingerprint density at radius 3 is 2.31 bits per heavy atom. The smallest absolute Gasteiger partial charge is 0.392 e. The van der Waals surface area contributed by atoms with E-state index < -0.39 is 26.2 Å². The molecule has 1 aromatic heterocycles. The lowest BCUT2D eigenvalue weighted by Gasteiger charge is -2.28. The largest absolute Gasteiger partial charge is 0.752 e. The maximum Gasteiger partial charge on any atom is 0.752 e. The molecule has 8 heteroatoms. The molecule has 0 amide bonds. The molecule has 6 nitrogen and oxygen atoms in total. The van der Waals surface area contributed by atoms with Crippen LogP contribution in [0.15, 0.2) is 60.7 Å². The molecular formula is C27H30FNO5P+. The van der Waals surface area contributed by atoms with Crippen molar-refractivity contribution in [1.29, 1.82) is 0 Å². The third-order valence-corrected chi connectivity index (χ3v) is 6.49. The molecule has 0 aliphatic heterocycles. The van der Waals surface area contributed by atoms with Gasteiger partial charge in [-0.25, -0.2) is 9.18 Å². The van der Waals surface area contributed by atoms with Crippen LogP contribution in [-0.2, 0) is 18.4 Å². The van der Waals surface area contributed by atoms with E-state index >= 15 is 0 Å². The molecule has 3 rings (SSSR count). The van der Waals surface area contributed by atoms with Gasteiger partial charge >= 0.3 is 14.2 Å². The Labute approximate surface area is 206 Å². The van der Waals surface area contributed by atoms with Crippen molar-refractivity contribution in [2.75, 3.05) is 7.11 Å². The minimum Gasteiger partial charge on any atom is -0.392 e. The number of aliphatic hydroxyl groups is 1. The number of nitrogens with zero attached hydrogens (tertiary/aromatic N) is 1. The predicted molar refractivity (Wildman–Crippen MR) is 134 cm³/mol. The first-order chi connectivity index (χ1) is 16.7. The van der Waals surface area contributed by atoms with Gasteiger partial charge in [-0.15, -0.1) is 4.52 Å². The maximum absolute atomic E-state index is 13.7. The molecular weight excluding hydrogens is 468 g/mol. The second-order valence-electron chi connectivity index (χ2n) is 8.54. The summed E-state index contributed by atoms with van der Waals surface area (Å²) >= 11 is 0. The van der Waals surface area contributed by atoms with Crippen LogP contribution >= 0.6 is 8.25 Å². The van der Waals surface area contributed by atoms with Gasteiger partial charge in [0.15, 0.2) is 0 Å². The average molecular weight is 499 g/mol. The van der Waals surface area contributed by atoms with Crippen LogP contribution in [0.1, 0.15) is 56.7 Å². The highest BCUT2D eigenvalue weighted by atomic mass is 31.1. The van der Waals surface area contributed by atoms with Gasteiger partial charge in [0, 0.05) is 21.7 Å². The Morgan fingerprint density at radius 1 is 1.09 bits per heavy atom. The molecule has 0 radical (unpaired) electrons. The van der Waals surface area contributed by atoms with Gasteiger partial charge in [0.25, 0.3) is 0 Å². The average Bonchev–Trinajstić information content (AvgIpc) is 2.85. The van der Waals surface area contributed by atoms with Gasteiger partial charge < -0.3 is 5.11 Å². The van der Waals surface area contributed by atoms with Crippen LogP contribution in [0.3, 0.4) is 0 Å². The lowest BCUT2D eigenvalue weighted by molar-refractivity contribution is -0.136. The number of carbonyl (C=O) groups excluding carboxylic acids is 1. The van der Waals surface area contributed by atoms with E-state index in [1.807, 2.05) is 57.2 Å². The molecule has 0 bridgehead atoms. The Morgan fingerprint density at radius 2 is 1.74 bits per heavy atom. The first-order valence-corrected chi connectivity index (χ1v) is 12.6. The van der Waals surface area contributed by atoms with E-state index in [0.717, 1.165) is 33.6 Å². The van der Waals surface area contributed by atoms with Gasteiger partial charge in [0.1, 0.15) is 5.82 Å². The molecule has 1 N–H and O–H groups in total. The van der Waals surface area contributed by atoms with E-state index in [0.29, 0.717) is 6.42 Å². The number of aromatic nitrogens is 1. The first kappa shape index (κ1) is 26.6. The fourth-order valence-electron chi connectivity index (χ4n) is 4.17. The molecule has 0 aliphatic rings. The van der Waals surface area contributed by atoms with Crippen LogP contribution in [0.5, 0.6) is 0 Å². The topological polar surface area (TPSA) is 85.7 Å². The molecule has 0 spiro atoms. The van der Waals surface area contributed by atoms with E-state index in [4.69, 9.17) is 9.51 Å². The van der Waals surface area contributed by atoms with Gasteiger partial charge in [-0.3, -0.25) is 4.98 Å². The lowest BCUT2D eigenvalue weighted by Crippen LogP contribution is -2.24. The van der Waals surface area contributed by atoms with Gasteiger partial charge in [-0.05, 0) is 47.2 Å². The summed E-state index contributed by atoms with van der Waals surface area (Å²) in [5.41, 5.74) is 4.87. The van der Waals surface area contributed by atoms with E-state index in [1.165, 1.54) is 19.2 Å². The number of halogens is 1. The second kappa shape index (κ2) is 12.1. The van der Waals surface area contributed by atoms with Crippen LogP contribution in [0.25, 0.3) is 22.4 Å². The Bertz CT molecular complexity index is 1170. The summed E-state index contributed by atoms with van der Waals surface area (Å²) in [4.78, 5) is 17.2. The fraction of sp³-hybridized carbons (Fsp3) is 0.333. The lowest BCUT2D eigenvalue weighted by atomic mass is 9.80. The number of rotatable bonds is 10. The summed E-state index contributed by atoms with van der Waals surface area (Å²) < 4.78 is 34.4. The summed E-state index contributed by atoms with van der Waals surface area (Å²) in [7, 11) is -1.41. The zero-order valence-corrected chi connectivity index (χ0v) is 21.2. The standard InChI is InChI=1S/C27H30FNO5P/c1-5-21(24(30)16-25(31)34-35(32)33-4)26-22(18-11-13-20(28)14-12-18)15-23(29-27(26)17(2)3)19-9-7-6-8-10-19/h6-15,17,21,24,30H,5,16H2,1-4H3/q+1. The van der Waals surface area contributed by atoms with Gasteiger partial charge in [0.2, 0.25) is 0 Å². The van der Waals surface area contributed by atoms with Crippen LogP contribution in [-0.4, -0.2) is 29.3 Å². The highest BCUT2D eigenvalue weighted by Crippen LogP contribution is 2.41. The third kappa shape index (κ3) is 6.57. The minimum atomic E-state index is -2.58. The van der Waals surface area contributed by atoms with Crippen molar-refractivity contribution in [1.82, 2.24) is 4.98 Å². The van der Waals surface area contributed by atoms with Crippen molar-refractivity contribution in [3.05, 3.63) is 77.7 Å². The van der Waals surface area contributed by atoms with Crippen molar-refractivity contribution < 1.29 is 27.9 Å². The first-order valence-electron chi connectivity index (χ1n) is 11.5. The van der Waals surface area contributed by atoms with Crippen molar-refractivity contribution in [2.24, 2.45) is 0 Å². The Hall–Kier alpha value is -2.99. The molecule has 1 heterocycles. The highest BCUT2D eigenvalue weighted by Gasteiger charge is 2.33. The quantitative estimate of drug-likeness (QED) is 0.311. The van der Waals surface area contributed by atoms with E-state index in [1.54, 1.807) is 12.1 Å². The molecule has 0 saturated carbocycles. The maximum atomic E-state index is 13.7. The van der Waals surface area contributed by atoms with E-state index in [-0.39, 0.29) is 18.2 Å². The summed E-state index contributed by atoms with van der Waals surface area (Å²) in [5.74, 6) is -1.64. The van der Waals surface area contributed by atoms with Crippen molar-refractivity contribution >= 4 is 14.2 Å². The van der Waals surface area contributed by atoms with Gasteiger partial charge in [0.05, 0.1) is 25.3 Å². The SMILES string of the molecule is CCC(c1c(-c2ccc(F)cc2)cc(-c2ccccc2)nc1C(C)C)C(O)CC(=O)O[P+](=O)OC. The zero-order chi connectivity index (χ0) is 25.5. The summed E-state index contributed by atoms with van der Waals surface area (Å²) in [6.45, 7) is 5.95. The molecule has 0 aliphatic carbocycles. The number of aliphatic hydroxyl groups excluding tert-OH is 1. The Balaban J connectivity index is 2.17. The van der Waals surface area contributed by atoms with Crippen molar-refractivity contribution in [3.63, 3.8) is 0 Å². The number of benzene rings is 2. The molecule has 35 heavy (non-hydrogen) atoms. The summed E-state index contributed by atoms with van der Waals surface area (Å²) in [6, 6.07) is 17.9. The third-order valence-electron chi connectivity index (χ3n) is 5.84. The second-order valence-corrected chi connectivity index (χ2v) is 9.53. The zero-order valence-electron chi connectivity index (χ0n) is 20.3. The van der Waals surface area contributed by atoms with Crippen LogP contribution < -0.4 is 0 Å². The van der Waals surface area contributed by atoms with Crippen LogP contribution in [0.2, 0.25) is 0 Å². The van der Waals surface area contributed by atoms with Gasteiger partial charge in [-0.1, -0.05) is 63.2 Å². The van der Waals surface area contributed by atoms with Crippen molar-refractivity contribution in [2.45, 2.75) is 51.6 Å². The van der Waals surface area contributed by atoms with Crippen LogP contribution in [0, 0.1) is 5.82 Å². The number of pyridine rings is 1. The van der Waals surface area contributed by atoms with Crippen LogP contribution in [0.4, 0.5) is 4.39 Å². The Kier molecular flexibility index (Phi) is 9.21. The fourth-order valence-corrected chi connectivity index (χ4v) is 4.48. The van der Waals surface area contributed by atoms with E-state index in [2.05, 4.69) is 4.52 Å². The summed E-state index contributed by atoms with van der Waals surface area (Å²) in [6.07, 6.45) is -0.969. The molecule has 184 valence electrons. The minimum absolute atomic E-state index is 0.00373. The monoisotopic (exact) mass is 498 g/mol. The number of hydrogen-bond acceptors (Lipinski definition) is 6. The molecule has 3 atom stereocenters. The molecule has 3 aromatic rings. The highest BCUT2D eigenvalue weighted by molar-refractivity contribution is 7.34. The molecule has 3 unspecified atom stereocenters. The number of carbonyl (C=O) groups is 1. The summed E-state index contributed by atoms with van der Waals surface area (Å²) in [5, 5.41) is 11.1. The number of hydrogen-bond donors (Lipinski definition) is 1. The predicted octanol–water partition coefficient (Wildman–Crippen LogP) is 6.77. The molecule has 0 fully saturated rings. The molecule has 0 saturated heterocycles. The van der Waals surface area contributed by atoms with Crippen molar-refractivity contribution in [3.8, 4) is 22.4 Å². The normalized spacial score (nSPS) is 13.4. The van der Waals surface area contributed by atoms with E-state index in [9.17, 15) is 18.9 Å².